The Morgan fingerprint density at radius 2 is 2.38 bits per heavy atom. The average Bonchev–Trinajstić information content (AvgIpc) is 2.59. The van der Waals surface area contributed by atoms with Crippen molar-refractivity contribution < 1.29 is 4.79 Å². The molecule has 0 aliphatic rings. The number of rotatable bonds is 2. The Labute approximate surface area is 76.0 Å². The van der Waals surface area contributed by atoms with Gasteiger partial charge in [0.1, 0.15) is 6.29 Å². The molecule has 0 saturated heterocycles. The molecule has 2 rings (SSSR count). The molecule has 0 atom stereocenters. The molecule has 1 heterocycles. The lowest BCUT2D eigenvalue weighted by molar-refractivity contribution is 0.112. The fourth-order valence-electron chi connectivity index (χ4n) is 1.41. The van der Waals surface area contributed by atoms with E-state index in [4.69, 9.17) is 0 Å². The average molecular weight is 174 g/mol. The highest BCUT2D eigenvalue weighted by molar-refractivity contribution is 5.84. The van der Waals surface area contributed by atoms with Crippen molar-refractivity contribution in [3.63, 3.8) is 0 Å². The molecule has 0 aliphatic heterocycles. The first-order chi connectivity index (χ1) is 6.35. The first-order valence-electron chi connectivity index (χ1n) is 4.25. The Bertz CT molecular complexity index is 445. The van der Waals surface area contributed by atoms with E-state index < -0.39 is 0 Å². The summed E-state index contributed by atoms with van der Waals surface area (Å²) in [5, 5.41) is 0. The second-order valence-electron chi connectivity index (χ2n) is 2.90. The van der Waals surface area contributed by atoms with Crippen molar-refractivity contribution in [2.45, 2.75) is 13.5 Å². The minimum absolute atomic E-state index is 0.675. The molecular weight excluding hydrogens is 164 g/mol. The van der Waals surface area contributed by atoms with Gasteiger partial charge in [-0.1, -0.05) is 0 Å². The third-order valence-electron chi connectivity index (χ3n) is 2.12. The molecule has 1 aromatic heterocycles. The number of carbonyl (C=O) groups excluding carboxylic acids is 1. The van der Waals surface area contributed by atoms with E-state index in [1.807, 2.05) is 16.7 Å². The minimum Gasteiger partial charge on any atom is -0.331 e. The molecule has 0 saturated carbocycles. The maximum Gasteiger partial charge on any atom is 0.150 e. The predicted molar refractivity (Wildman–Crippen MR) is 50.8 cm³/mol. The van der Waals surface area contributed by atoms with Crippen LogP contribution in [0.1, 0.15) is 17.3 Å². The van der Waals surface area contributed by atoms with Crippen molar-refractivity contribution in [3.05, 3.63) is 30.1 Å². The molecule has 0 N–H and O–H groups in total. The molecule has 0 aliphatic carbocycles. The van der Waals surface area contributed by atoms with Gasteiger partial charge in [0.2, 0.25) is 0 Å². The smallest absolute Gasteiger partial charge is 0.150 e. The van der Waals surface area contributed by atoms with Crippen molar-refractivity contribution in [1.82, 2.24) is 9.55 Å². The van der Waals surface area contributed by atoms with E-state index in [0.717, 1.165) is 23.9 Å². The van der Waals surface area contributed by atoms with Crippen LogP contribution in [0, 0.1) is 0 Å². The Kier molecular flexibility index (Phi) is 1.85. The lowest BCUT2D eigenvalue weighted by Gasteiger charge is -1.97. The van der Waals surface area contributed by atoms with E-state index in [1.54, 1.807) is 12.4 Å². The zero-order valence-corrected chi connectivity index (χ0v) is 7.40. The lowest BCUT2D eigenvalue weighted by atomic mass is 10.2. The lowest BCUT2D eigenvalue weighted by Crippen LogP contribution is -1.90. The molecule has 0 radical (unpaired) electrons. The fraction of sp³-hybridized carbons (Fsp3) is 0.200. The van der Waals surface area contributed by atoms with Gasteiger partial charge in [0.05, 0.1) is 17.4 Å². The summed E-state index contributed by atoms with van der Waals surface area (Å²) in [4.78, 5) is 14.7. The second-order valence-corrected chi connectivity index (χ2v) is 2.90. The molecule has 0 bridgehead atoms. The maximum absolute atomic E-state index is 10.5. The molecule has 0 spiro atoms. The van der Waals surface area contributed by atoms with Gasteiger partial charge in [-0.25, -0.2) is 4.98 Å². The van der Waals surface area contributed by atoms with Crippen LogP contribution in [0.5, 0.6) is 0 Å². The first kappa shape index (κ1) is 7.98. The number of aromatic nitrogens is 2. The zero-order valence-electron chi connectivity index (χ0n) is 7.40. The number of nitrogens with zero attached hydrogens (tertiary/aromatic N) is 2. The molecule has 1 aromatic carbocycles. The van der Waals surface area contributed by atoms with E-state index in [1.165, 1.54) is 0 Å². The van der Waals surface area contributed by atoms with Crippen molar-refractivity contribution in [1.29, 1.82) is 0 Å². The number of imidazole rings is 1. The molecule has 3 nitrogen and oxygen atoms in total. The van der Waals surface area contributed by atoms with Gasteiger partial charge in [-0.2, -0.15) is 0 Å². The number of fused-ring (bicyclic) bond motifs is 1. The van der Waals surface area contributed by atoms with Gasteiger partial charge < -0.3 is 4.57 Å². The summed E-state index contributed by atoms with van der Waals surface area (Å²) in [6.45, 7) is 2.96. The van der Waals surface area contributed by atoms with Crippen molar-refractivity contribution in [2.24, 2.45) is 0 Å². The van der Waals surface area contributed by atoms with Crippen molar-refractivity contribution >= 4 is 17.3 Å². The summed E-state index contributed by atoms with van der Waals surface area (Å²) in [5.74, 6) is 0. The summed E-state index contributed by atoms with van der Waals surface area (Å²) in [6.07, 6.45) is 2.63. The minimum atomic E-state index is 0.675. The van der Waals surface area contributed by atoms with Gasteiger partial charge in [-0.15, -0.1) is 0 Å². The van der Waals surface area contributed by atoms with Crippen LogP contribution in [0.15, 0.2) is 24.5 Å². The third-order valence-corrected chi connectivity index (χ3v) is 2.12. The first-order valence-corrected chi connectivity index (χ1v) is 4.25. The molecule has 13 heavy (non-hydrogen) atoms. The Balaban J connectivity index is 2.67. The van der Waals surface area contributed by atoms with E-state index >= 15 is 0 Å². The van der Waals surface area contributed by atoms with Gasteiger partial charge in [0, 0.05) is 12.1 Å². The quantitative estimate of drug-likeness (QED) is 0.651. The fourth-order valence-corrected chi connectivity index (χ4v) is 1.41. The molecule has 66 valence electrons. The van der Waals surface area contributed by atoms with Gasteiger partial charge in [-0.05, 0) is 25.1 Å². The SMILES string of the molecule is CCn1cnc2cc(C=O)ccc21. The van der Waals surface area contributed by atoms with Crippen molar-refractivity contribution in [3.8, 4) is 0 Å². The van der Waals surface area contributed by atoms with Gasteiger partial charge >= 0.3 is 0 Å². The number of carbonyl (C=O) groups is 1. The molecular formula is C10H10N2O. The highest BCUT2D eigenvalue weighted by Crippen LogP contribution is 2.13. The summed E-state index contributed by atoms with van der Waals surface area (Å²) < 4.78 is 2.05. The maximum atomic E-state index is 10.5. The summed E-state index contributed by atoms with van der Waals surface area (Å²) in [7, 11) is 0. The number of hydrogen-bond donors (Lipinski definition) is 0. The van der Waals surface area contributed by atoms with Crippen LogP contribution in [0.25, 0.3) is 11.0 Å². The topological polar surface area (TPSA) is 34.9 Å². The third kappa shape index (κ3) is 1.22. The zero-order chi connectivity index (χ0) is 9.26. The van der Waals surface area contributed by atoms with Gasteiger partial charge in [0.15, 0.2) is 0 Å². The molecule has 3 heteroatoms. The van der Waals surface area contributed by atoms with E-state index in [9.17, 15) is 4.79 Å². The monoisotopic (exact) mass is 174 g/mol. The van der Waals surface area contributed by atoms with Crippen molar-refractivity contribution in [2.75, 3.05) is 0 Å². The molecule has 0 unspecified atom stereocenters. The largest absolute Gasteiger partial charge is 0.331 e. The van der Waals surface area contributed by atoms with Crippen LogP contribution in [-0.2, 0) is 6.54 Å². The van der Waals surface area contributed by atoms with E-state index in [2.05, 4.69) is 11.9 Å². The second kappa shape index (κ2) is 3.01. The molecule has 0 fully saturated rings. The summed E-state index contributed by atoms with van der Waals surface area (Å²) in [5.41, 5.74) is 2.63. The van der Waals surface area contributed by atoms with Gasteiger partial charge in [0.25, 0.3) is 0 Å². The van der Waals surface area contributed by atoms with Gasteiger partial charge in [-0.3, -0.25) is 4.79 Å². The standard InChI is InChI=1S/C10H10N2O/c1-2-12-7-11-9-5-8(6-13)3-4-10(9)12/h3-7H,2H2,1H3. The normalized spacial score (nSPS) is 10.5. The van der Waals surface area contributed by atoms with Crippen LogP contribution < -0.4 is 0 Å². The van der Waals surface area contributed by atoms with Crippen LogP contribution >= 0.6 is 0 Å². The Morgan fingerprint density at radius 1 is 1.54 bits per heavy atom. The molecule has 0 amide bonds. The summed E-state index contributed by atoms with van der Waals surface area (Å²) in [6, 6.07) is 5.53. The highest BCUT2D eigenvalue weighted by atomic mass is 16.1. The van der Waals surface area contributed by atoms with Crippen LogP contribution in [-0.4, -0.2) is 15.8 Å². The predicted octanol–water partition coefficient (Wildman–Crippen LogP) is 1.87. The summed E-state index contributed by atoms with van der Waals surface area (Å²) >= 11 is 0. The highest BCUT2D eigenvalue weighted by Gasteiger charge is 2.00. The number of aryl methyl sites for hydroxylation is 1. The van der Waals surface area contributed by atoms with Crippen LogP contribution in [0.3, 0.4) is 0 Å². The Morgan fingerprint density at radius 3 is 3.08 bits per heavy atom. The Hall–Kier alpha value is -1.64. The van der Waals surface area contributed by atoms with Crippen LogP contribution in [0.2, 0.25) is 0 Å². The number of aldehydes is 1. The number of benzene rings is 1. The van der Waals surface area contributed by atoms with Crippen LogP contribution in [0.4, 0.5) is 0 Å². The van der Waals surface area contributed by atoms with E-state index in [-0.39, 0.29) is 0 Å². The molecule has 2 aromatic rings. The van der Waals surface area contributed by atoms with E-state index in [0.29, 0.717) is 5.56 Å². The number of hydrogen-bond acceptors (Lipinski definition) is 2.